The van der Waals surface area contributed by atoms with Crippen molar-refractivity contribution in [2.75, 3.05) is 6.54 Å². The molecule has 5 heteroatoms. The molecule has 106 valence electrons. The van der Waals surface area contributed by atoms with E-state index in [1.165, 1.54) is 6.07 Å². The Morgan fingerprint density at radius 3 is 2.42 bits per heavy atom. The fraction of sp³-hybridized carbons (Fsp3) is 0.571. The molecule has 1 atom stereocenters. The summed E-state index contributed by atoms with van der Waals surface area (Å²) >= 11 is 0. The molecule has 1 aromatic carbocycles. The minimum atomic E-state index is -4.66. The average Bonchev–Trinajstić information content (AvgIpc) is 2.78. The number of halogens is 4. The standard InChI is InChI=1S/C14H17F4N/c1-9(2)13(6-3-7-19-13)10-4-5-12(15)11(8-10)14(16,17)18/h4-5,8-9,19H,3,6-7H2,1-2H3. The molecule has 1 N–H and O–H groups in total. The van der Waals surface area contributed by atoms with Crippen molar-refractivity contribution in [1.29, 1.82) is 0 Å². The van der Waals surface area contributed by atoms with E-state index in [4.69, 9.17) is 0 Å². The second-order valence-corrected chi connectivity index (χ2v) is 5.35. The van der Waals surface area contributed by atoms with Crippen LogP contribution in [0, 0.1) is 11.7 Å². The molecule has 1 nitrogen and oxygen atoms in total. The van der Waals surface area contributed by atoms with Gasteiger partial charge in [-0.15, -0.1) is 0 Å². The quantitative estimate of drug-likeness (QED) is 0.802. The van der Waals surface area contributed by atoms with Crippen LogP contribution in [0.4, 0.5) is 17.6 Å². The largest absolute Gasteiger partial charge is 0.419 e. The molecule has 1 aromatic rings. The van der Waals surface area contributed by atoms with E-state index < -0.39 is 23.1 Å². The topological polar surface area (TPSA) is 12.0 Å². The lowest BCUT2D eigenvalue weighted by Crippen LogP contribution is -2.42. The molecule has 19 heavy (non-hydrogen) atoms. The Kier molecular flexibility index (Phi) is 3.60. The molecule has 1 aliphatic rings. The number of hydrogen-bond donors (Lipinski definition) is 1. The van der Waals surface area contributed by atoms with Crippen LogP contribution in [0.25, 0.3) is 0 Å². The maximum absolute atomic E-state index is 13.3. The molecule has 1 heterocycles. The van der Waals surface area contributed by atoms with Crippen LogP contribution in [-0.4, -0.2) is 6.54 Å². The summed E-state index contributed by atoms with van der Waals surface area (Å²) in [6.07, 6.45) is -2.97. The first-order chi connectivity index (χ1) is 8.77. The van der Waals surface area contributed by atoms with E-state index in [2.05, 4.69) is 5.32 Å². The minimum Gasteiger partial charge on any atom is -0.307 e. The third-order valence-electron chi connectivity index (χ3n) is 3.96. The van der Waals surface area contributed by atoms with Crippen LogP contribution < -0.4 is 5.32 Å². The van der Waals surface area contributed by atoms with Crippen molar-refractivity contribution in [2.45, 2.75) is 38.4 Å². The van der Waals surface area contributed by atoms with Gasteiger partial charge in [-0.05, 0) is 43.0 Å². The van der Waals surface area contributed by atoms with Gasteiger partial charge in [0.15, 0.2) is 0 Å². The normalized spacial score (nSPS) is 24.2. The summed E-state index contributed by atoms with van der Waals surface area (Å²) in [5.74, 6) is -1.07. The smallest absolute Gasteiger partial charge is 0.307 e. The van der Waals surface area contributed by atoms with Crippen LogP contribution in [0.1, 0.15) is 37.8 Å². The Morgan fingerprint density at radius 2 is 1.95 bits per heavy atom. The SMILES string of the molecule is CC(C)C1(c2ccc(F)c(C(F)(F)F)c2)CCCN1. The second kappa shape index (κ2) is 4.78. The molecular weight excluding hydrogens is 258 g/mol. The Labute approximate surface area is 110 Å². The van der Waals surface area contributed by atoms with Crippen LogP contribution in [-0.2, 0) is 11.7 Å². The first kappa shape index (κ1) is 14.3. The van der Waals surface area contributed by atoms with Crippen LogP contribution in [0.15, 0.2) is 18.2 Å². The average molecular weight is 275 g/mol. The number of alkyl halides is 3. The van der Waals surface area contributed by atoms with Gasteiger partial charge in [0.1, 0.15) is 5.82 Å². The lowest BCUT2D eigenvalue weighted by Gasteiger charge is -2.35. The highest BCUT2D eigenvalue weighted by molar-refractivity contribution is 5.33. The van der Waals surface area contributed by atoms with Crippen molar-refractivity contribution >= 4 is 0 Å². The molecule has 0 aliphatic carbocycles. The van der Waals surface area contributed by atoms with E-state index >= 15 is 0 Å². The van der Waals surface area contributed by atoms with Crippen molar-refractivity contribution in [3.8, 4) is 0 Å². The lowest BCUT2D eigenvalue weighted by atomic mass is 9.78. The third kappa shape index (κ3) is 2.48. The van der Waals surface area contributed by atoms with Gasteiger partial charge in [-0.3, -0.25) is 0 Å². The highest BCUT2D eigenvalue weighted by Crippen LogP contribution is 2.40. The maximum Gasteiger partial charge on any atom is 0.419 e. The van der Waals surface area contributed by atoms with Gasteiger partial charge in [-0.2, -0.15) is 13.2 Å². The zero-order chi connectivity index (χ0) is 14.3. The molecule has 0 radical (unpaired) electrons. The second-order valence-electron chi connectivity index (χ2n) is 5.35. The predicted octanol–water partition coefficient (Wildman–Crippen LogP) is 4.08. The molecule has 1 unspecified atom stereocenters. The predicted molar refractivity (Wildman–Crippen MR) is 65.2 cm³/mol. The Bertz CT molecular complexity index is 459. The van der Waals surface area contributed by atoms with Crippen LogP contribution in [0.3, 0.4) is 0 Å². The summed E-state index contributed by atoms with van der Waals surface area (Å²) in [7, 11) is 0. The maximum atomic E-state index is 13.3. The fourth-order valence-corrected chi connectivity index (χ4v) is 2.86. The summed E-state index contributed by atoms with van der Waals surface area (Å²) in [5, 5.41) is 3.29. The molecule has 0 amide bonds. The zero-order valence-corrected chi connectivity index (χ0v) is 10.9. The van der Waals surface area contributed by atoms with E-state index in [1.54, 1.807) is 0 Å². The Morgan fingerprint density at radius 1 is 1.26 bits per heavy atom. The molecule has 0 aromatic heterocycles. The van der Waals surface area contributed by atoms with Gasteiger partial charge in [0.05, 0.1) is 5.56 Å². The molecular formula is C14H17F4N. The van der Waals surface area contributed by atoms with Crippen molar-refractivity contribution in [1.82, 2.24) is 5.32 Å². The van der Waals surface area contributed by atoms with Gasteiger partial charge in [-0.1, -0.05) is 19.9 Å². The van der Waals surface area contributed by atoms with E-state index in [0.29, 0.717) is 5.56 Å². The van der Waals surface area contributed by atoms with Crippen molar-refractivity contribution in [2.24, 2.45) is 5.92 Å². The molecule has 0 bridgehead atoms. The van der Waals surface area contributed by atoms with Gasteiger partial charge < -0.3 is 5.32 Å². The van der Waals surface area contributed by atoms with E-state index in [0.717, 1.165) is 31.5 Å². The van der Waals surface area contributed by atoms with Crippen molar-refractivity contribution in [3.05, 3.63) is 35.1 Å². The van der Waals surface area contributed by atoms with Crippen LogP contribution in [0.5, 0.6) is 0 Å². The third-order valence-corrected chi connectivity index (χ3v) is 3.96. The lowest BCUT2D eigenvalue weighted by molar-refractivity contribution is -0.140. The van der Waals surface area contributed by atoms with Crippen molar-refractivity contribution < 1.29 is 17.6 Å². The molecule has 1 aliphatic heterocycles. The molecule has 1 saturated heterocycles. The van der Waals surface area contributed by atoms with Crippen LogP contribution >= 0.6 is 0 Å². The van der Waals surface area contributed by atoms with E-state index in [-0.39, 0.29) is 5.92 Å². The molecule has 0 spiro atoms. The summed E-state index contributed by atoms with van der Waals surface area (Å²) in [4.78, 5) is 0. The Balaban J connectivity index is 2.51. The summed E-state index contributed by atoms with van der Waals surface area (Å²) < 4.78 is 51.7. The van der Waals surface area contributed by atoms with Gasteiger partial charge in [0, 0.05) is 5.54 Å². The number of nitrogens with one attached hydrogen (secondary N) is 1. The van der Waals surface area contributed by atoms with Gasteiger partial charge >= 0.3 is 6.18 Å². The molecule has 2 rings (SSSR count). The summed E-state index contributed by atoms with van der Waals surface area (Å²) in [6, 6.07) is 3.33. The number of benzene rings is 1. The summed E-state index contributed by atoms with van der Waals surface area (Å²) in [5.41, 5.74) is -1.14. The highest BCUT2D eigenvalue weighted by Gasteiger charge is 2.41. The van der Waals surface area contributed by atoms with Crippen LogP contribution in [0.2, 0.25) is 0 Å². The van der Waals surface area contributed by atoms with E-state index in [9.17, 15) is 17.6 Å². The summed E-state index contributed by atoms with van der Waals surface area (Å²) in [6.45, 7) is 4.71. The van der Waals surface area contributed by atoms with Gasteiger partial charge in [0.2, 0.25) is 0 Å². The highest BCUT2D eigenvalue weighted by atomic mass is 19.4. The minimum absolute atomic E-state index is 0.140. The monoisotopic (exact) mass is 275 g/mol. The fourth-order valence-electron chi connectivity index (χ4n) is 2.86. The molecule has 0 saturated carbocycles. The number of rotatable bonds is 2. The van der Waals surface area contributed by atoms with Gasteiger partial charge in [0.25, 0.3) is 0 Å². The number of hydrogen-bond acceptors (Lipinski definition) is 1. The van der Waals surface area contributed by atoms with Gasteiger partial charge in [-0.25, -0.2) is 4.39 Å². The first-order valence-electron chi connectivity index (χ1n) is 6.39. The zero-order valence-electron chi connectivity index (χ0n) is 10.9. The van der Waals surface area contributed by atoms with E-state index in [1.807, 2.05) is 13.8 Å². The Hall–Kier alpha value is -1.10. The van der Waals surface area contributed by atoms with Crippen molar-refractivity contribution in [3.63, 3.8) is 0 Å². The molecule has 1 fully saturated rings. The first-order valence-corrected chi connectivity index (χ1v) is 6.39.